The van der Waals surface area contributed by atoms with Gasteiger partial charge in [-0.15, -0.1) is 10.2 Å². The first kappa shape index (κ1) is 21.2. The fourth-order valence-corrected chi connectivity index (χ4v) is 5.23. The van der Waals surface area contributed by atoms with Gasteiger partial charge in [-0.05, 0) is 72.4 Å². The molecule has 0 aliphatic heterocycles. The van der Waals surface area contributed by atoms with Crippen molar-refractivity contribution in [2.75, 3.05) is 13.7 Å². The number of methoxy groups -OCH3 is 1. The van der Waals surface area contributed by atoms with Gasteiger partial charge in [0.2, 0.25) is 0 Å². The van der Waals surface area contributed by atoms with E-state index in [-0.39, 0.29) is 5.63 Å². The molecule has 0 saturated carbocycles. The molecule has 0 fully saturated rings. The fraction of sp³-hybridized carbons (Fsp3) is 0.292. The van der Waals surface area contributed by atoms with Crippen LogP contribution in [0.2, 0.25) is 5.02 Å². The molecule has 4 aromatic rings. The summed E-state index contributed by atoms with van der Waals surface area (Å²) in [5.74, 6) is 1.35. The number of thioether (sulfide) groups is 1. The number of rotatable bonds is 7. The van der Waals surface area contributed by atoms with Crippen LogP contribution < -0.4 is 5.63 Å². The van der Waals surface area contributed by atoms with E-state index in [0.717, 1.165) is 46.8 Å². The molecule has 8 heteroatoms. The van der Waals surface area contributed by atoms with Gasteiger partial charge in [-0.25, -0.2) is 4.79 Å². The second-order valence-corrected chi connectivity index (χ2v) is 9.19. The smallest absolute Gasteiger partial charge is 0.336 e. The summed E-state index contributed by atoms with van der Waals surface area (Å²) in [6.45, 7) is 1.16. The Morgan fingerprint density at radius 3 is 2.69 bits per heavy atom. The molecule has 2 aromatic heterocycles. The molecule has 0 bridgehead atoms. The zero-order valence-electron chi connectivity index (χ0n) is 17.6. The average molecular weight is 468 g/mol. The highest BCUT2D eigenvalue weighted by Gasteiger charge is 2.18. The summed E-state index contributed by atoms with van der Waals surface area (Å²) in [5, 5.41) is 11.3. The highest BCUT2D eigenvalue weighted by Crippen LogP contribution is 2.32. The summed E-state index contributed by atoms with van der Waals surface area (Å²) in [5.41, 5.74) is 4.87. The molecule has 32 heavy (non-hydrogen) atoms. The van der Waals surface area contributed by atoms with Gasteiger partial charge in [-0.2, -0.15) is 0 Å². The topological polar surface area (TPSA) is 70.2 Å². The molecule has 0 spiro atoms. The number of benzene rings is 2. The predicted molar refractivity (Wildman–Crippen MR) is 126 cm³/mol. The molecule has 0 saturated heterocycles. The van der Waals surface area contributed by atoms with Crippen LogP contribution in [-0.4, -0.2) is 28.5 Å². The number of aryl methyl sites for hydroxylation is 2. The quantitative estimate of drug-likeness (QED) is 0.277. The average Bonchev–Trinajstić information content (AvgIpc) is 3.41. The van der Waals surface area contributed by atoms with Crippen LogP contribution in [0.3, 0.4) is 0 Å². The van der Waals surface area contributed by atoms with Gasteiger partial charge in [-0.3, -0.25) is 4.57 Å². The van der Waals surface area contributed by atoms with Gasteiger partial charge in [0, 0.05) is 34.9 Å². The van der Waals surface area contributed by atoms with E-state index in [2.05, 4.69) is 16.3 Å². The van der Waals surface area contributed by atoms with Crippen molar-refractivity contribution >= 4 is 34.3 Å². The van der Waals surface area contributed by atoms with Crippen molar-refractivity contribution in [2.45, 2.75) is 36.7 Å². The molecule has 5 rings (SSSR count). The Morgan fingerprint density at radius 2 is 1.91 bits per heavy atom. The molecule has 0 unspecified atom stereocenters. The number of fused-ring (bicyclic) bond motifs is 2. The maximum Gasteiger partial charge on any atom is 0.336 e. The van der Waals surface area contributed by atoms with E-state index < -0.39 is 0 Å². The number of halogens is 1. The molecule has 164 valence electrons. The van der Waals surface area contributed by atoms with E-state index in [4.69, 9.17) is 20.8 Å². The molecule has 1 aliphatic carbocycles. The lowest BCUT2D eigenvalue weighted by Crippen LogP contribution is -2.08. The highest BCUT2D eigenvalue weighted by molar-refractivity contribution is 7.98. The van der Waals surface area contributed by atoms with E-state index in [1.54, 1.807) is 24.9 Å². The summed E-state index contributed by atoms with van der Waals surface area (Å²) in [4.78, 5) is 12.2. The third kappa shape index (κ3) is 4.20. The summed E-state index contributed by atoms with van der Waals surface area (Å²) in [6, 6.07) is 13.4. The van der Waals surface area contributed by atoms with Crippen LogP contribution in [0.15, 0.2) is 56.8 Å². The SMILES string of the molecule is COCCn1c(SCc2cc(=O)oc3cc4c(cc23)CCC4)nnc1-c1ccc(Cl)cc1. The first-order valence-electron chi connectivity index (χ1n) is 10.5. The first-order valence-corrected chi connectivity index (χ1v) is 11.9. The van der Waals surface area contributed by atoms with Crippen molar-refractivity contribution in [1.82, 2.24) is 14.8 Å². The van der Waals surface area contributed by atoms with E-state index in [0.29, 0.717) is 29.5 Å². The van der Waals surface area contributed by atoms with E-state index in [9.17, 15) is 4.79 Å². The summed E-state index contributed by atoms with van der Waals surface area (Å²) in [6.07, 6.45) is 3.27. The Labute approximate surface area is 194 Å². The Morgan fingerprint density at radius 1 is 1.12 bits per heavy atom. The zero-order chi connectivity index (χ0) is 22.1. The maximum absolute atomic E-state index is 12.2. The molecule has 2 aromatic carbocycles. The Bertz CT molecular complexity index is 1330. The van der Waals surface area contributed by atoms with E-state index in [1.165, 1.54) is 11.1 Å². The van der Waals surface area contributed by atoms with Crippen LogP contribution in [0.1, 0.15) is 23.1 Å². The minimum absolute atomic E-state index is 0.325. The third-order valence-corrected chi connectivity index (χ3v) is 7.01. The maximum atomic E-state index is 12.2. The van der Waals surface area contributed by atoms with Crippen molar-refractivity contribution in [2.24, 2.45) is 0 Å². The van der Waals surface area contributed by atoms with Crippen LogP contribution in [-0.2, 0) is 29.9 Å². The first-order chi connectivity index (χ1) is 15.6. The second-order valence-electron chi connectivity index (χ2n) is 7.81. The molecule has 0 amide bonds. The number of aromatic nitrogens is 3. The lowest BCUT2D eigenvalue weighted by atomic mass is 10.0. The molecule has 0 N–H and O–H groups in total. The number of ether oxygens (including phenoxy) is 1. The fourth-order valence-electron chi connectivity index (χ4n) is 4.15. The van der Waals surface area contributed by atoms with Gasteiger partial charge in [0.15, 0.2) is 11.0 Å². The number of hydrogen-bond acceptors (Lipinski definition) is 6. The molecule has 0 radical (unpaired) electrons. The molecular formula is C24H22ClN3O3S. The highest BCUT2D eigenvalue weighted by atomic mass is 35.5. The van der Waals surface area contributed by atoms with Crippen LogP contribution in [0.25, 0.3) is 22.4 Å². The predicted octanol–water partition coefficient (Wildman–Crippen LogP) is 5.13. The minimum atomic E-state index is -0.325. The van der Waals surface area contributed by atoms with Gasteiger partial charge >= 0.3 is 5.63 Å². The largest absolute Gasteiger partial charge is 0.423 e. The lowest BCUT2D eigenvalue weighted by Gasteiger charge is -2.11. The van der Waals surface area contributed by atoms with Gasteiger partial charge in [-0.1, -0.05) is 23.4 Å². The van der Waals surface area contributed by atoms with E-state index >= 15 is 0 Å². The Balaban J connectivity index is 1.47. The molecule has 6 nitrogen and oxygen atoms in total. The van der Waals surface area contributed by atoms with Gasteiger partial charge in [0.25, 0.3) is 0 Å². The summed E-state index contributed by atoms with van der Waals surface area (Å²) < 4.78 is 12.8. The van der Waals surface area contributed by atoms with Gasteiger partial charge in [0.05, 0.1) is 13.2 Å². The van der Waals surface area contributed by atoms with Crippen LogP contribution in [0, 0.1) is 0 Å². The summed E-state index contributed by atoms with van der Waals surface area (Å²) in [7, 11) is 1.67. The number of nitrogens with zero attached hydrogens (tertiary/aromatic N) is 3. The Kier molecular flexibility index (Phi) is 6.04. The van der Waals surface area contributed by atoms with Crippen LogP contribution in [0.5, 0.6) is 0 Å². The molecule has 1 aliphatic rings. The molecular weight excluding hydrogens is 446 g/mol. The van der Waals surface area contributed by atoms with Crippen molar-refractivity contribution in [3.8, 4) is 11.4 Å². The van der Waals surface area contributed by atoms with Crippen LogP contribution >= 0.6 is 23.4 Å². The van der Waals surface area contributed by atoms with Crippen molar-refractivity contribution in [3.05, 3.63) is 74.6 Å². The Hall–Kier alpha value is -2.61. The van der Waals surface area contributed by atoms with Crippen molar-refractivity contribution in [1.29, 1.82) is 0 Å². The van der Waals surface area contributed by atoms with Gasteiger partial charge in [0.1, 0.15) is 5.58 Å². The second kappa shape index (κ2) is 9.10. The molecule has 0 atom stereocenters. The van der Waals surface area contributed by atoms with Crippen molar-refractivity contribution in [3.63, 3.8) is 0 Å². The normalized spacial score (nSPS) is 13.1. The van der Waals surface area contributed by atoms with E-state index in [1.807, 2.05) is 34.9 Å². The molecule has 2 heterocycles. The standard InChI is InChI=1S/C24H22ClN3O3S/c1-30-10-9-28-23(15-5-7-19(25)8-6-15)26-27-24(28)32-14-18-13-22(29)31-21-12-17-4-2-3-16(17)11-20(18)21/h5-8,11-13H,2-4,9-10,14H2,1H3. The van der Waals surface area contributed by atoms with Crippen molar-refractivity contribution < 1.29 is 9.15 Å². The minimum Gasteiger partial charge on any atom is -0.423 e. The zero-order valence-corrected chi connectivity index (χ0v) is 19.2. The monoisotopic (exact) mass is 467 g/mol. The van der Waals surface area contributed by atoms with Gasteiger partial charge < -0.3 is 9.15 Å². The third-order valence-electron chi connectivity index (χ3n) is 5.74. The summed E-state index contributed by atoms with van der Waals surface area (Å²) >= 11 is 7.59. The number of hydrogen-bond donors (Lipinski definition) is 0. The van der Waals surface area contributed by atoms with Crippen LogP contribution in [0.4, 0.5) is 0 Å². The lowest BCUT2D eigenvalue weighted by molar-refractivity contribution is 0.185.